The summed E-state index contributed by atoms with van der Waals surface area (Å²) in [7, 11) is 0. The molecule has 1 unspecified atom stereocenters. The van der Waals surface area contributed by atoms with Gasteiger partial charge in [-0.05, 0) is 43.0 Å². The summed E-state index contributed by atoms with van der Waals surface area (Å²) in [5, 5.41) is 8.69. The lowest BCUT2D eigenvalue weighted by molar-refractivity contribution is -0.139. The highest BCUT2D eigenvalue weighted by atomic mass is 32.2. The fourth-order valence-corrected chi connectivity index (χ4v) is 4.52. The first-order valence-electron chi connectivity index (χ1n) is 12.1. The van der Waals surface area contributed by atoms with Gasteiger partial charge in [0.25, 0.3) is 0 Å². The molecule has 8 heteroatoms. The van der Waals surface area contributed by atoms with Gasteiger partial charge in [0.2, 0.25) is 11.1 Å². The molecule has 184 valence electrons. The molecule has 0 aliphatic carbocycles. The first-order valence-corrected chi connectivity index (χ1v) is 13.1. The molecule has 0 spiro atoms. The summed E-state index contributed by atoms with van der Waals surface area (Å²) >= 11 is 1.61. The molecule has 0 fully saturated rings. The number of thioether (sulfide) groups is 1. The number of carbonyl (C=O) groups is 1. The lowest BCUT2D eigenvalue weighted by Gasteiger charge is -2.28. The molecule has 3 aromatic rings. The minimum atomic E-state index is -0.438. The SMILES string of the molecule is CCCCOC(=O)C1=C(C)Nc2nc(SCCC)nn2C1c1ccc(OCc2ccccc2)cc1. The Balaban J connectivity index is 1.61. The summed E-state index contributed by atoms with van der Waals surface area (Å²) in [6, 6.07) is 17.4. The molecule has 1 aromatic heterocycles. The Bertz CT molecular complexity index is 1160. The molecule has 1 N–H and O–H groups in total. The number of hydrogen-bond donors (Lipinski definition) is 1. The molecule has 35 heavy (non-hydrogen) atoms. The Labute approximate surface area is 210 Å². The lowest BCUT2D eigenvalue weighted by atomic mass is 9.96. The summed E-state index contributed by atoms with van der Waals surface area (Å²) in [6.07, 6.45) is 2.82. The third kappa shape index (κ3) is 6.06. The van der Waals surface area contributed by atoms with Gasteiger partial charge in [-0.3, -0.25) is 0 Å². The van der Waals surface area contributed by atoms with E-state index >= 15 is 0 Å². The molecule has 0 bridgehead atoms. The third-order valence-electron chi connectivity index (χ3n) is 5.66. The van der Waals surface area contributed by atoms with E-state index in [1.807, 2.05) is 61.5 Å². The van der Waals surface area contributed by atoms with E-state index < -0.39 is 6.04 Å². The molecule has 2 aromatic carbocycles. The fraction of sp³-hybridized carbons (Fsp3) is 0.370. The summed E-state index contributed by atoms with van der Waals surface area (Å²) in [5.41, 5.74) is 3.30. The second kappa shape index (κ2) is 11.9. The van der Waals surface area contributed by atoms with Gasteiger partial charge in [-0.1, -0.05) is 74.5 Å². The number of anilines is 1. The summed E-state index contributed by atoms with van der Waals surface area (Å²) < 4.78 is 13.4. The van der Waals surface area contributed by atoms with Crippen molar-refractivity contribution < 1.29 is 14.3 Å². The van der Waals surface area contributed by atoms with E-state index in [9.17, 15) is 4.79 Å². The van der Waals surface area contributed by atoms with Gasteiger partial charge in [-0.2, -0.15) is 4.98 Å². The number of benzene rings is 2. The molecular weight excluding hydrogens is 460 g/mol. The van der Waals surface area contributed by atoms with Crippen LogP contribution in [0, 0.1) is 0 Å². The predicted molar refractivity (Wildman–Crippen MR) is 139 cm³/mol. The Hall–Kier alpha value is -3.26. The van der Waals surface area contributed by atoms with Crippen molar-refractivity contribution in [1.82, 2.24) is 14.8 Å². The van der Waals surface area contributed by atoms with Crippen molar-refractivity contribution in [3.05, 3.63) is 77.0 Å². The zero-order valence-electron chi connectivity index (χ0n) is 20.5. The van der Waals surface area contributed by atoms with Crippen molar-refractivity contribution in [2.24, 2.45) is 0 Å². The zero-order valence-corrected chi connectivity index (χ0v) is 21.3. The zero-order chi connectivity index (χ0) is 24.6. The smallest absolute Gasteiger partial charge is 0.338 e. The first-order chi connectivity index (χ1) is 17.1. The molecule has 0 radical (unpaired) electrons. The van der Waals surface area contributed by atoms with Crippen LogP contribution in [0.3, 0.4) is 0 Å². The summed E-state index contributed by atoms with van der Waals surface area (Å²) in [4.78, 5) is 17.8. The Morgan fingerprint density at radius 3 is 2.57 bits per heavy atom. The van der Waals surface area contributed by atoms with E-state index in [2.05, 4.69) is 24.1 Å². The van der Waals surface area contributed by atoms with Gasteiger partial charge in [-0.15, -0.1) is 5.10 Å². The van der Waals surface area contributed by atoms with Crippen molar-refractivity contribution in [3.8, 4) is 5.75 Å². The number of nitrogens with zero attached hydrogens (tertiary/aromatic N) is 3. The molecule has 0 saturated heterocycles. The van der Waals surface area contributed by atoms with Crippen LogP contribution < -0.4 is 10.1 Å². The monoisotopic (exact) mass is 492 g/mol. The number of allylic oxidation sites excluding steroid dienone is 1. The second-order valence-corrected chi connectivity index (χ2v) is 9.47. The van der Waals surface area contributed by atoms with Gasteiger partial charge in [0, 0.05) is 11.4 Å². The lowest BCUT2D eigenvalue weighted by Crippen LogP contribution is -2.29. The van der Waals surface area contributed by atoms with Crippen molar-refractivity contribution in [2.45, 2.75) is 57.8 Å². The van der Waals surface area contributed by atoms with Gasteiger partial charge in [0.15, 0.2) is 0 Å². The molecule has 4 rings (SSSR count). The topological polar surface area (TPSA) is 78.3 Å². The third-order valence-corrected chi connectivity index (χ3v) is 6.71. The molecular formula is C27H32N4O3S. The van der Waals surface area contributed by atoms with Crippen LogP contribution in [0.15, 0.2) is 71.0 Å². The van der Waals surface area contributed by atoms with Crippen molar-refractivity contribution in [1.29, 1.82) is 0 Å². The van der Waals surface area contributed by atoms with E-state index in [-0.39, 0.29) is 5.97 Å². The molecule has 1 aliphatic heterocycles. The van der Waals surface area contributed by atoms with Gasteiger partial charge in [0.05, 0.1) is 12.2 Å². The molecule has 2 heterocycles. The highest BCUT2D eigenvalue weighted by Gasteiger charge is 2.35. The van der Waals surface area contributed by atoms with Crippen LogP contribution in [0.4, 0.5) is 5.95 Å². The predicted octanol–water partition coefficient (Wildman–Crippen LogP) is 5.99. The molecule has 7 nitrogen and oxygen atoms in total. The number of rotatable bonds is 11. The minimum absolute atomic E-state index is 0.332. The number of aromatic nitrogens is 3. The van der Waals surface area contributed by atoms with E-state index in [0.29, 0.717) is 29.9 Å². The number of unbranched alkanes of at least 4 members (excludes halogenated alkanes) is 1. The van der Waals surface area contributed by atoms with Crippen molar-refractivity contribution in [3.63, 3.8) is 0 Å². The maximum Gasteiger partial charge on any atom is 0.338 e. The average Bonchev–Trinajstić information content (AvgIpc) is 3.28. The summed E-state index contributed by atoms with van der Waals surface area (Å²) in [5.74, 6) is 1.99. The largest absolute Gasteiger partial charge is 0.489 e. The van der Waals surface area contributed by atoms with Gasteiger partial charge >= 0.3 is 5.97 Å². The first kappa shape index (κ1) is 24.9. The van der Waals surface area contributed by atoms with Gasteiger partial charge in [0.1, 0.15) is 18.4 Å². The standard InChI is InChI=1S/C27H32N4O3S/c1-4-6-16-33-25(32)23-19(3)28-26-29-27(35-17-5-2)30-31(26)24(23)21-12-14-22(15-13-21)34-18-20-10-8-7-9-11-20/h7-15,24H,4-6,16-18H2,1-3H3,(H,28,29,30). The Kier molecular flexibility index (Phi) is 8.47. The number of nitrogens with one attached hydrogen (secondary N) is 1. The van der Waals surface area contributed by atoms with E-state index in [1.54, 1.807) is 16.4 Å². The molecule has 1 atom stereocenters. The number of ether oxygens (including phenoxy) is 2. The van der Waals surface area contributed by atoms with Crippen LogP contribution in [0.5, 0.6) is 5.75 Å². The van der Waals surface area contributed by atoms with Crippen molar-refractivity contribution in [2.75, 3.05) is 17.7 Å². The maximum absolute atomic E-state index is 13.2. The van der Waals surface area contributed by atoms with Gasteiger partial charge < -0.3 is 14.8 Å². The number of esters is 1. The average molecular weight is 493 g/mol. The van der Waals surface area contributed by atoms with E-state index in [4.69, 9.17) is 14.6 Å². The van der Waals surface area contributed by atoms with Crippen LogP contribution in [0.2, 0.25) is 0 Å². The normalized spacial score (nSPS) is 14.9. The molecule has 0 amide bonds. The molecule has 1 aliphatic rings. The quantitative estimate of drug-likeness (QED) is 0.200. The number of carbonyl (C=O) groups excluding carboxylic acids is 1. The Morgan fingerprint density at radius 2 is 1.86 bits per heavy atom. The van der Waals surface area contributed by atoms with Crippen LogP contribution in [0.1, 0.15) is 57.2 Å². The maximum atomic E-state index is 13.2. The fourth-order valence-electron chi connectivity index (χ4n) is 3.83. The van der Waals surface area contributed by atoms with Crippen molar-refractivity contribution >= 4 is 23.7 Å². The number of hydrogen-bond acceptors (Lipinski definition) is 7. The second-order valence-electron chi connectivity index (χ2n) is 8.41. The van der Waals surface area contributed by atoms with Gasteiger partial charge in [-0.25, -0.2) is 9.48 Å². The van der Waals surface area contributed by atoms with Crippen LogP contribution in [-0.2, 0) is 16.1 Å². The van der Waals surface area contributed by atoms with E-state index in [0.717, 1.165) is 47.6 Å². The molecule has 0 saturated carbocycles. The Morgan fingerprint density at radius 1 is 1.09 bits per heavy atom. The highest BCUT2D eigenvalue weighted by molar-refractivity contribution is 7.99. The number of fused-ring (bicyclic) bond motifs is 1. The van der Waals surface area contributed by atoms with Crippen LogP contribution in [-0.4, -0.2) is 33.1 Å². The minimum Gasteiger partial charge on any atom is -0.489 e. The summed E-state index contributed by atoms with van der Waals surface area (Å²) in [6.45, 7) is 6.97. The van der Waals surface area contributed by atoms with E-state index in [1.165, 1.54) is 0 Å². The van der Waals surface area contributed by atoms with Crippen LogP contribution >= 0.6 is 11.8 Å². The van der Waals surface area contributed by atoms with Crippen LogP contribution in [0.25, 0.3) is 0 Å². The highest BCUT2D eigenvalue weighted by Crippen LogP contribution is 2.37.